The summed E-state index contributed by atoms with van der Waals surface area (Å²) in [5.41, 5.74) is 4.06. The first-order chi connectivity index (χ1) is 9.31. The number of hydrogen-bond donors (Lipinski definition) is 2. The van der Waals surface area contributed by atoms with Crippen LogP contribution < -0.4 is 5.32 Å². The van der Waals surface area contributed by atoms with E-state index in [1.54, 1.807) is 0 Å². The highest BCUT2D eigenvalue weighted by atomic mass is 16.5. The summed E-state index contributed by atoms with van der Waals surface area (Å²) in [6.45, 7) is 1.81. The lowest BCUT2D eigenvalue weighted by molar-refractivity contribution is 0.0386. The number of aliphatic hydroxyl groups is 1. The lowest BCUT2D eigenvalue weighted by atomic mass is 10.1. The van der Waals surface area contributed by atoms with E-state index in [-0.39, 0.29) is 0 Å². The molecular weight excluding hydrogens is 238 g/mol. The van der Waals surface area contributed by atoms with Crippen molar-refractivity contribution in [3.8, 4) is 0 Å². The third kappa shape index (κ3) is 3.71. The molecule has 0 heterocycles. The Balaban J connectivity index is 1.40. The van der Waals surface area contributed by atoms with Crippen LogP contribution >= 0.6 is 0 Å². The van der Waals surface area contributed by atoms with Gasteiger partial charge in [0.25, 0.3) is 0 Å². The first-order valence-corrected chi connectivity index (χ1v) is 7.43. The molecule has 0 aliphatic heterocycles. The van der Waals surface area contributed by atoms with Crippen LogP contribution in [0.25, 0.3) is 0 Å². The molecule has 0 radical (unpaired) electrons. The fourth-order valence-electron chi connectivity index (χ4n) is 2.63. The summed E-state index contributed by atoms with van der Waals surface area (Å²) in [5.74, 6) is 0.761. The summed E-state index contributed by atoms with van der Waals surface area (Å²) in [5, 5.41) is 13.1. The Bertz CT molecular complexity index is 429. The molecule has 0 bridgehead atoms. The van der Waals surface area contributed by atoms with Crippen molar-refractivity contribution in [1.29, 1.82) is 0 Å². The van der Waals surface area contributed by atoms with E-state index in [1.165, 1.54) is 43.2 Å². The summed E-state index contributed by atoms with van der Waals surface area (Å²) in [6.07, 6.45) is 5.85. The maximum atomic E-state index is 9.85. The van der Waals surface area contributed by atoms with Crippen molar-refractivity contribution >= 4 is 5.69 Å². The second-order valence-corrected chi connectivity index (χ2v) is 5.85. The van der Waals surface area contributed by atoms with Gasteiger partial charge in [-0.1, -0.05) is 6.07 Å². The first-order valence-electron chi connectivity index (χ1n) is 7.43. The second kappa shape index (κ2) is 5.93. The van der Waals surface area contributed by atoms with Crippen molar-refractivity contribution in [3.05, 3.63) is 29.3 Å². The number of benzene rings is 1. The van der Waals surface area contributed by atoms with Gasteiger partial charge in [0, 0.05) is 18.8 Å². The normalized spacial score (nSPS) is 19.2. The van der Waals surface area contributed by atoms with Gasteiger partial charge in [-0.25, -0.2) is 0 Å². The van der Waals surface area contributed by atoms with Gasteiger partial charge in [0.15, 0.2) is 0 Å². The Labute approximate surface area is 115 Å². The molecule has 19 heavy (non-hydrogen) atoms. The SMILES string of the molecule is OC(CNc1ccc2c(c1)CCC2)COCC1CC1. The Morgan fingerprint density at radius 3 is 2.95 bits per heavy atom. The molecule has 104 valence electrons. The van der Waals surface area contributed by atoms with Crippen LogP contribution in [0.5, 0.6) is 0 Å². The molecule has 1 aromatic carbocycles. The predicted octanol–water partition coefficient (Wildman–Crippen LogP) is 2.37. The maximum absolute atomic E-state index is 9.85. The maximum Gasteiger partial charge on any atom is 0.0945 e. The van der Waals surface area contributed by atoms with Crippen molar-refractivity contribution in [1.82, 2.24) is 0 Å². The average Bonchev–Trinajstić information content (AvgIpc) is 3.12. The second-order valence-electron chi connectivity index (χ2n) is 5.85. The number of anilines is 1. The van der Waals surface area contributed by atoms with Gasteiger partial charge in [0.05, 0.1) is 12.7 Å². The standard InChI is InChI=1S/C16H23NO2/c18-16(11-19-10-12-4-5-12)9-17-15-7-6-13-2-1-3-14(13)8-15/h6-8,12,16-18H,1-5,9-11H2. The Morgan fingerprint density at radius 1 is 1.26 bits per heavy atom. The van der Waals surface area contributed by atoms with Crippen LogP contribution in [-0.2, 0) is 17.6 Å². The van der Waals surface area contributed by atoms with Crippen molar-refractivity contribution in [2.45, 2.75) is 38.2 Å². The number of aryl methyl sites for hydroxylation is 2. The van der Waals surface area contributed by atoms with E-state index in [4.69, 9.17) is 4.74 Å². The zero-order valence-electron chi connectivity index (χ0n) is 11.4. The molecule has 0 saturated heterocycles. The molecular formula is C16H23NO2. The van der Waals surface area contributed by atoms with Crippen molar-refractivity contribution in [3.63, 3.8) is 0 Å². The van der Waals surface area contributed by atoms with Crippen LogP contribution in [0.15, 0.2) is 18.2 Å². The molecule has 3 nitrogen and oxygen atoms in total. The van der Waals surface area contributed by atoms with Crippen molar-refractivity contribution < 1.29 is 9.84 Å². The number of ether oxygens (including phenoxy) is 1. The molecule has 0 aromatic heterocycles. The molecule has 0 spiro atoms. The highest BCUT2D eigenvalue weighted by Gasteiger charge is 2.21. The molecule has 3 heteroatoms. The van der Waals surface area contributed by atoms with E-state index in [9.17, 15) is 5.11 Å². The lowest BCUT2D eigenvalue weighted by Gasteiger charge is -2.14. The number of fused-ring (bicyclic) bond motifs is 1. The summed E-state index contributed by atoms with van der Waals surface area (Å²) < 4.78 is 5.49. The topological polar surface area (TPSA) is 41.5 Å². The molecule has 3 rings (SSSR count). The summed E-state index contributed by atoms with van der Waals surface area (Å²) in [7, 11) is 0. The van der Waals surface area contributed by atoms with Gasteiger partial charge < -0.3 is 15.2 Å². The highest BCUT2D eigenvalue weighted by molar-refractivity contribution is 5.50. The van der Waals surface area contributed by atoms with Gasteiger partial charge >= 0.3 is 0 Å². The van der Waals surface area contributed by atoms with E-state index in [1.807, 2.05) is 0 Å². The van der Waals surface area contributed by atoms with Crippen LogP contribution in [0.3, 0.4) is 0 Å². The molecule has 2 aliphatic carbocycles. The lowest BCUT2D eigenvalue weighted by Crippen LogP contribution is -2.25. The minimum atomic E-state index is -0.424. The van der Waals surface area contributed by atoms with Crippen LogP contribution in [0, 0.1) is 5.92 Å². The van der Waals surface area contributed by atoms with Crippen LogP contribution in [0.1, 0.15) is 30.4 Å². The molecule has 1 unspecified atom stereocenters. The van der Waals surface area contributed by atoms with Gasteiger partial charge in [0.2, 0.25) is 0 Å². The van der Waals surface area contributed by atoms with E-state index in [2.05, 4.69) is 23.5 Å². The molecule has 1 fully saturated rings. The Morgan fingerprint density at radius 2 is 2.11 bits per heavy atom. The van der Waals surface area contributed by atoms with E-state index >= 15 is 0 Å². The first kappa shape index (κ1) is 12.9. The third-order valence-electron chi connectivity index (χ3n) is 4.00. The van der Waals surface area contributed by atoms with E-state index in [0.717, 1.165) is 18.2 Å². The van der Waals surface area contributed by atoms with Crippen LogP contribution in [0.2, 0.25) is 0 Å². The van der Waals surface area contributed by atoms with Gasteiger partial charge in [0.1, 0.15) is 0 Å². The minimum Gasteiger partial charge on any atom is -0.389 e. The fraction of sp³-hybridized carbons (Fsp3) is 0.625. The van der Waals surface area contributed by atoms with E-state index < -0.39 is 6.10 Å². The fourth-order valence-corrected chi connectivity index (χ4v) is 2.63. The molecule has 1 atom stereocenters. The van der Waals surface area contributed by atoms with Gasteiger partial charge in [-0.3, -0.25) is 0 Å². The molecule has 1 saturated carbocycles. The summed E-state index contributed by atoms with van der Waals surface area (Å²) in [6, 6.07) is 6.54. The molecule has 2 N–H and O–H groups in total. The monoisotopic (exact) mass is 261 g/mol. The summed E-state index contributed by atoms with van der Waals surface area (Å²) in [4.78, 5) is 0. The zero-order chi connectivity index (χ0) is 13.1. The quantitative estimate of drug-likeness (QED) is 0.792. The Hall–Kier alpha value is -1.06. The molecule has 0 amide bonds. The average molecular weight is 261 g/mol. The largest absolute Gasteiger partial charge is 0.389 e. The zero-order valence-corrected chi connectivity index (χ0v) is 11.4. The number of hydrogen-bond acceptors (Lipinski definition) is 3. The smallest absolute Gasteiger partial charge is 0.0945 e. The van der Waals surface area contributed by atoms with Crippen LogP contribution in [0.4, 0.5) is 5.69 Å². The van der Waals surface area contributed by atoms with Gasteiger partial charge in [-0.05, 0) is 61.3 Å². The van der Waals surface area contributed by atoms with Crippen LogP contribution in [-0.4, -0.2) is 31.0 Å². The molecule has 1 aromatic rings. The van der Waals surface area contributed by atoms with Crippen molar-refractivity contribution in [2.75, 3.05) is 25.1 Å². The van der Waals surface area contributed by atoms with Gasteiger partial charge in [-0.2, -0.15) is 0 Å². The van der Waals surface area contributed by atoms with Crippen molar-refractivity contribution in [2.24, 2.45) is 5.92 Å². The highest BCUT2D eigenvalue weighted by Crippen LogP contribution is 2.28. The number of rotatable bonds is 7. The van der Waals surface area contributed by atoms with Gasteiger partial charge in [-0.15, -0.1) is 0 Å². The predicted molar refractivity (Wildman–Crippen MR) is 76.5 cm³/mol. The third-order valence-corrected chi connectivity index (χ3v) is 4.00. The van der Waals surface area contributed by atoms with E-state index in [0.29, 0.717) is 13.2 Å². The number of nitrogens with one attached hydrogen (secondary N) is 1. The Kier molecular flexibility index (Phi) is 4.04. The minimum absolute atomic E-state index is 0.424. The molecule has 2 aliphatic rings. The summed E-state index contributed by atoms with van der Waals surface area (Å²) >= 11 is 0. The number of aliphatic hydroxyl groups excluding tert-OH is 1.